The van der Waals surface area contributed by atoms with E-state index in [1.54, 1.807) is 19.9 Å². The summed E-state index contributed by atoms with van der Waals surface area (Å²) in [6.07, 6.45) is 0.643. The van der Waals surface area contributed by atoms with Crippen LogP contribution < -0.4 is 10.7 Å². The maximum atomic E-state index is 12.2. The van der Waals surface area contributed by atoms with Gasteiger partial charge in [0.1, 0.15) is 5.54 Å². The van der Waals surface area contributed by atoms with Gasteiger partial charge in [0, 0.05) is 24.8 Å². The van der Waals surface area contributed by atoms with Crippen molar-refractivity contribution in [2.45, 2.75) is 39.3 Å². The van der Waals surface area contributed by atoms with Gasteiger partial charge in [-0.25, -0.2) is 4.79 Å². The molecule has 1 aliphatic heterocycles. The van der Waals surface area contributed by atoms with Crippen LogP contribution in [0.15, 0.2) is 22.3 Å². The molecule has 0 aliphatic carbocycles. The van der Waals surface area contributed by atoms with Crippen molar-refractivity contribution in [2.24, 2.45) is 0 Å². The van der Waals surface area contributed by atoms with Crippen LogP contribution in [0.1, 0.15) is 26.0 Å². The first-order valence-corrected chi connectivity index (χ1v) is 8.41. The van der Waals surface area contributed by atoms with E-state index in [0.29, 0.717) is 19.5 Å². The van der Waals surface area contributed by atoms with Crippen molar-refractivity contribution >= 4 is 33.5 Å². The molecule has 1 N–H and O–H groups in total. The number of rotatable bonds is 4. The van der Waals surface area contributed by atoms with E-state index in [1.807, 2.05) is 18.4 Å². The van der Waals surface area contributed by atoms with Gasteiger partial charge in [0.25, 0.3) is 5.91 Å². The minimum Gasteiger partial charge on any atom is -0.344 e. The summed E-state index contributed by atoms with van der Waals surface area (Å²) in [6, 6.07) is 3.23. The number of thiophene rings is 1. The summed E-state index contributed by atoms with van der Waals surface area (Å²) < 4.78 is 2.81. The number of fused-ring (bicyclic) bond motifs is 1. The quantitative estimate of drug-likeness (QED) is 0.871. The first-order chi connectivity index (χ1) is 10.8. The molecule has 6 nitrogen and oxygen atoms in total. The highest BCUT2D eigenvalue weighted by molar-refractivity contribution is 7.17. The van der Waals surface area contributed by atoms with Crippen LogP contribution in [0.3, 0.4) is 0 Å². The van der Waals surface area contributed by atoms with Crippen LogP contribution in [0.25, 0.3) is 10.2 Å². The van der Waals surface area contributed by atoms with Crippen LogP contribution in [0.4, 0.5) is 4.79 Å². The minimum absolute atomic E-state index is 0.0413. The average molecular weight is 333 g/mol. The number of nitrogens with zero attached hydrogens (tertiary/aromatic N) is 2. The molecule has 0 atom stereocenters. The van der Waals surface area contributed by atoms with Gasteiger partial charge in [-0.1, -0.05) is 0 Å². The third-order valence-corrected chi connectivity index (χ3v) is 5.05. The van der Waals surface area contributed by atoms with Crippen molar-refractivity contribution in [3.8, 4) is 0 Å². The third-order valence-electron chi connectivity index (χ3n) is 4.13. The Kier molecular flexibility index (Phi) is 3.75. The molecule has 0 spiro atoms. The number of carbonyl (C=O) groups excluding carboxylic acids is 2. The second-order valence-electron chi connectivity index (χ2n) is 6.30. The van der Waals surface area contributed by atoms with Crippen LogP contribution in [0, 0.1) is 6.92 Å². The molecule has 3 heterocycles. The first kappa shape index (κ1) is 15.7. The topological polar surface area (TPSA) is 71.4 Å². The van der Waals surface area contributed by atoms with Crippen molar-refractivity contribution in [1.29, 1.82) is 0 Å². The van der Waals surface area contributed by atoms with Crippen LogP contribution in [0.2, 0.25) is 0 Å². The molecule has 122 valence electrons. The number of hydrogen-bond acceptors (Lipinski definition) is 4. The normalized spacial score (nSPS) is 17.1. The summed E-state index contributed by atoms with van der Waals surface area (Å²) in [5.41, 5.74) is 1.01. The Morgan fingerprint density at radius 2 is 1.96 bits per heavy atom. The number of aromatic nitrogens is 1. The lowest BCUT2D eigenvalue weighted by molar-refractivity contribution is -0.130. The molecular formula is C16H19N3O3S. The van der Waals surface area contributed by atoms with Gasteiger partial charge in [0.05, 0.1) is 10.2 Å². The molecule has 0 saturated carbocycles. The van der Waals surface area contributed by atoms with Gasteiger partial charge in [-0.15, -0.1) is 11.3 Å². The molecule has 0 aromatic carbocycles. The Morgan fingerprint density at radius 3 is 2.61 bits per heavy atom. The monoisotopic (exact) mass is 333 g/mol. The number of aryl methyl sites for hydroxylation is 2. The molecule has 1 aliphatic rings. The summed E-state index contributed by atoms with van der Waals surface area (Å²) in [5, 5.41) is 4.58. The highest BCUT2D eigenvalue weighted by atomic mass is 32.1. The summed E-state index contributed by atoms with van der Waals surface area (Å²) in [5.74, 6) is -0.195. The standard InChI is InChI=1S/C16H19N3O3S/c1-10-9-12(20)13-11(5-8-23-13)18(10)6-4-7-19-14(21)16(2,3)17-15(19)22/h5,8-9H,4,6-7H2,1-3H3,(H,17,22). The van der Waals surface area contributed by atoms with Crippen molar-refractivity contribution in [3.63, 3.8) is 0 Å². The van der Waals surface area contributed by atoms with Crippen LogP contribution in [-0.4, -0.2) is 33.5 Å². The summed E-state index contributed by atoms with van der Waals surface area (Å²) in [6.45, 7) is 6.32. The number of hydrogen-bond donors (Lipinski definition) is 1. The lowest BCUT2D eigenvalue weighted by Crippen LogP contribution is -2.40. The zero-order valence-corrected chi connectivity index (χ0v) is 14.2. The fourth-order valence-electron chi connectivity index (χ4n) is 2.93. The molecule has 1 fully saturated rings. The first-order valence-electron chi connectivity index (χ1n) is 7.53. The summed E-state index contributed by atoms with van der Waals surface area (Å²) in [7, 11) is 0. The lowest BCUT2D eigenvalue weighted by Gasteiger charge is -2.17. The molecule has 1 saturated heterocycles. The molecule has 0 bridgehead atoms. The Balaban J connectivity index is 1.75. The largest absolute Gasteiger partial charge is 0.344 e. The molecular weight excluding hydrogens is 314 g/mol. The SMILES string of the molecule is Cc1cc(=O)c2sccc2n1CCCN1C(=O)NC(C)(C)C1=O. The fourth-order valence-corrected chi connectivity index (χ4v) is 3.73. The van der Waals surface area contributed by atoms with E-state index in [-0.39, 0.29) is 17.4 Å². The fraction of sp³-hybridized carbons (Fsp3) is 0.438. The molecule has 23 heavy (non-hydrogen) atoms. The van der Waals surface area contributed by atoms with Gasteiger partial charge in [-0.3, -0.25) is 14.5 Å². The predicted octanol–water partition coefficient (Wildman–Crippen LogP) is 2.09. The Hall–Kier alpha value is -2.15. The zero-order chi connectivity index (χ0) is 16.8. The number of carbonyl (C=O) groups is 2. The number of nitrogens with one attached hydrogen (secondary N) is 1. The maximum absolute atomic E-state index is 12.2. The lowest BCUT2D eigenvalue weighted by atomic mass is 10.1. The van der Waals surface area contributed by atoms with Crippen LogP contribution >= 0.6 is 11.3 Å². The number of imide groups is 1. The number of urea groups is 1. The van der Waals surface area contributed by atoms with E-state index < -0.39 is 5.54 Å². The molecule has 2 aromatic heterocycles. The highest BCUT2D eigenvalue weighted by Gasteiger charge is 2.43. The summed E-state index contributed by atoms with van der Waals surface area (Å²) >= 11 is 1.43. The van der Waals surface area contributed by atoms with Crippen molar-refractivity contribution in [2.75, 3.05) is 6.54 Å². The second kappa shape index (κ2) is 5.49. The average Bonchev–Trinajstić information content (AvgIpc) is 3.01. The van der Waals surface area contributed by atoms with E-state index in [2.05, 4.69) is 9.88 Å². The molecule has 0 radical (unpaired) electrons. The van der Waals surface area contributed by atoms with E-state index >= 15 is 0 Å². The van der Waals surface area contributed by atoms with Gasteiger partial charge in [-0.05, 0) is 38.6 Å². The maximum Gasteiger partial charge on any atom is 0.325 e. The van der Waals surface area contributed by atoms with E-state index in [4.69, 9.17) is 0 Å². The second-order valence-corrected chi connectivity index (χ2v) is 7.22. The number of pyridine rings is 1. The third kappa shape index (κ3) is 2.65. The van der Waals surface area contributed by atoms with Crippen molar-refractivity contribution in [3.05, 3.63) is 33.4 Å². The smallest absolute Gasteiger partial charge is 0.325 e. The van der Waals surface area contributed by atoms with Gasteiger partial charge in [0.15, 0.2) is 5.43 Å². The van der Waals surface area contributed by atoms with Crippen LogP contribution in [-0.2, 0) is 11.3 Å². The van der Waals surface area contributed by atoms with Crippen LogP contribution in [0.5, 0.6) is 0 Å². The molecule has 3 rings (SSSR count). The Labute approximate surface area is 137 Å². The van der Waals surface area contributed by atoms with Gasteiger partial charge in [-0.2, -0.15) is 0 Å². The van der Waals surface area contributed by atoms with E-state index in [9.17, 15) is 14.4 Å². The van der Waals surface area contributed by atoms with Gasteiger partial charge in [0.2, 0.25) is 0 Å². The summed E-state index contributed by atoms with van der Waals surface area (Å²) in [4.78, 5) is 37.2. The zero-order valence-electron chi connectivity index (χ0n) is 13.4. The van der Waals surface area contributed by atoms with Gasteiger partial charge < -0.3 is 9.88 Å². The predicted molar refractivity (Wildman–Crippen MR) is 89.8 cm³/mol. The van der Waals surface area contributed by atoms with E-state index in [0.717, 1.165) is 15.9 Å². The Morgan fingerprint density at radius 1 is 1.22 bits per heavy atom. The molecule has 0 unspecified atom stereocenters. The Bertz CT molecular complexity index is 850. The minimum atomic E-state index is -0.828. The molecule has 3 amide bonds. The van der Waals surface area contributed by atoms with Crippen molar-refractivity contribution < 1.29 is 9.59 Å². The molecule has 2 aromatic rings. The van der Waals surface area contributed by atoms with E-state index in [1.165, 1.54) is 16.2 Å². The highest BCUT2D eigenvalue weighted by Crippen LogP contribution is 2.20. The van der Waals surface area contributed by atoms with Gasteiger partial charge >= 0.3 is 6.03 Å². The number of amides is 3. The molecule has 7 heteroatoms. The van der Waals surface area contributed by atoms with Crippen molar-refractivity contribution in [1.82, 2.24) is 14.8 Å².